The molecule has 0 aromatic carbocycles. The second-order valence-corrected chi connectivity index (χ2v) is 3.92. The van der Waals surface area contributed by atoms with E-state index in [2.05, 4.69) is 20.6 Å². The van der Waals surface area contributed by atoms with E-state index in [1.807, 2.05) is 0 Å². The molecular formula is C11H11N5O4. The molecule has 2 aromatic heterocycles. The fourth-order valence-corrected chi connectivity index (χ4v) is 1.46. The number of nitrogens with zero attached hydrogens (tertiary/aromatic N) is 4. The molecule has 0 aliphatic carbocycles. The number of aromatic nitrogens is 4. The Labute approximate surface area is 112 Å². The fraction of sp³-hybridized carbons (Fsp3) is 0.182. The molecule has 0 fully saturated rings. The van der Waals surface area contributed by atoms with Crippen LogP contribution in [0.5, 0.6) is 5.75 Å². The Morgan fingerprint density at radius 3 is 2.85 bits per heavy atom. The first kappa shape index (κ1) is 13.5. The van der Waals surface area contributed by atoms with Crippen LogP contribution >= 0.6 is 0 Å². The third kappa shape index (κ3) is 3.51. The summed E-state index contributed by atoms with van der Waals surface area (Å²) in [6.45, 7) is -0.203. The van der Waals surface area contributed by atoms with Crippen molar-refractivity contribution in [3.05, 3.63) is 35.9 Å². The number of carbonyl (C=O) groups is 2. The molecule has 9 heteroatoms. The molecule has 0 aliphatic rings. The van der Waals surface area contributed by atoms with Crippen molar-refractivity contribution in [2.75, 3.05) is 0 Å². The van der Waals surface area contributed by atoms with E-state index in [4.69, 9.17) is 5.11 Å². The lowest BCUT2D eigenvalue weighted by Gasteiger charge is -2.02. The third-order valence-corrected chi connectivity index (χ3v) is 2.30. The lowest BCUT2D eigenvalue weighted by Crippen LogP contribution is -2.23. The van der Waals surface area contributed by atoms with Crippen molar-refractivity contribution in [3.8, 4) is 5.75 Å². The first-order valence-corrected chi connectivity index (χ1v) is 5.57. The maximum absolute atomic E-state index is 11.7. The second-order valence-electron chi connectivity index (χ2n) is 3.92. The Morgan fingerprint density at radius 2 is 2.15 bits per heavy atom. The number of hydrogen-bond donors (Lipinski definition) is 3. The molecule has 0 aliphatic heterocycles. The number of carbonyl (C=O) groups excluding carboxylic acids is 1. The molecular weight excluding hydrogens is 266 g/mol. The van der Waals surface area contributed by atoms with Gasteiger partial charge in [-0.15, -0.1) is 5.10 Å². The van der Waals surface area contributed by atoms with Gasteiger partial charge in [-0.2, -0.15) is 0 Å². The standard InChI is InChI=1S/C11H11N5O4/c17-9-1-7(2-12-4-9)11(20)13-3-8-5-16(15-14-8)6-10(18)19/h1-2,4-5,17H,3,6H2,(H,13,20)(H,18,19). The Balaban J connectivity index is 1.93. The molecule has 0 atom stereocenters. The van der Waals surface area contributed by atoms with Gasteiger partial charge in [-0.05, 0) is 6.07 Å². The first-order chi connectivity index (χ1) is 9.54. The van der Waals surface area contributed by atoms with E-state index in [1.165, 1.54) is 24.7 Å². The molecule has 2 heterocycles. The minimum atomic E-state index is -1.03. The summed E-state index contributed by atoms with van der Waals surface area (Å²) in [6, 6.07) is 1.28. The van der Waals surface area contributed by atoms with E-state index < -0.39 is 11.9 Å². The quantitative estimate of drug-likeness (QED) is 0.664. The van der Waals surface area contributed by atoms with E-state index in [9.17, 15) is 14.7 Å². The molecule has 2 rings (SSSR count). The van der Waals surface area contributed by atoms with Gasteiger partial charge in [-0.1, -0.05) is 5.21 Å². The molecule has 0 spiro atoms. The summed E-state index contributed by atoms with van der Waals surface area (Å²) in [7, 11) is 0. The van der Waals surface area contributed by atoms with Crippen LogP contribution in [0.3, 0.4) is 0 Å². The van der Waals surface area contributed by atoms with Crippen LogP contribution < -0.4 is 5.32 Å². The summed E-state index contributed by atoms with van der Waals surface area (Å²) >= 11 is 0. The van der Waals surface area contributed by atoms with Gasteiger partial charge in [0.2, 0.25) is 0 Å². The van der Waals surface area contributed by atoms with E-state index in [1.54, 1.807) is 0 Å². The lowest BCUT2D eigenvalue weighted by atomic mass is 10.2. The highest BCUT2D eigenvalue weighted by Gasteiger charge is 2.09. The zero-order valence-electron chi connectivity index (χ0n) is 10.2. The van der Waals surface area contributed by atoms with Crippen LogP contribution in [0.15, 0.2) is 24.7 Å². The highest BCUT2D eigenvalue weighted by Crippen LogP contribution is 2.08. The van der Waals surface area contributed by atoms with Gasteiger partial charge in [-0.25, -0.2) is 4.68 Å². The van der Waals surface area contributed by atoms with Gasteiger partial charge in [0.15, 0.2) is 0 Å². The zero-order valence-corrected chi connectivity index (χ0v) is 10.2. The van der Waals surface area contributed by atoms with Crippen LogP contribution in [-0.2, 0) is 17.9 Å². The van der Waals surface area contributed by atoms with Crippen LogP contribution in [-0.4, -0.2) is 42.1 Å². The number of carboxylic acid groups (broad SMARTS) is 1. The average Bonchev–Trinajstić information content (AvgIpc) is 2.82. The molecule has 0 bridgehead atoms. The molecule has 0 unspecified atom stereocenters. The van der Waals surface area contributed by atoms with Crippen molar-refractivity contribution < 1.29 is 19.8 Å². The summed E-state index contributed by atoms with van der Waals surface area (Å²) in [6.07, 6.45) is 3.96. The normalized spacial score (nSPS) is 10.2. The highest BCUT2D eigenvalue weighted by atomic mass is 16.4. The van der Waals surface area contributed by atoms with Gasteiger partial charge in [-0.3, -0.25) is 14.6 Å². The van der Waals surface area contributed by atoms with Gasteiger partial charge in [0.25, 0.3) is 5.91 Å². The molecule has 0 saturated heterocycles. The van der Waals surface area contributed by atoms with Gasteiger partial charge in [0.05, 0.1) is 24.5 Å². The van der Waals surface area contributed by atoms with Crippen LogP contribution in [0.4, 0.5) is 0 Å². The summed E-state index contributed by atoms with van der Waals surface area (Å²) in [4.78, 5) is 25.9. The summed E-state index contributed by atoms with van der Waals surface area (Å²) in [5.74, 6) is -1.57. The zero-order chi connectivity index (χ0) is 14.5. The van der Waals surface area contributed by atoms with Gasteiger partial charge < -0.3 is 15.5 Å². The largest absolute Gasteiger partial charge is 0.506 e. The van der Waals surface area contributed by atoms with Crippen LogP contribution in [0, 0.1) is 0 Å². The molecule has 2 aromatic rings. The van der Waals surface area contributed by atoms with E-state index in [0.717, 1.165) is 4.68 Å². The molecule has 0 radical (unpaired) electrons. The maximum Gasteiger partial charge on any atom is 0.325 e. The summed E-state index contributed by atoms with van der Waals surface area (Å²) < 4.78 is 1.15. The van der Waals surface area contributed by atoms with Crippen LogP contribution in [0.2, 0.25) is 0 Å². The van der Waals surface area contributed by atoms with Crippen molar-refractivity contribution in [2.45, 2.75) is 13.1 Å². The molecule has 3 N–H and O–H groups in total. The SMILES string of the molecule is O=C(O)Cn1cc(CNC(=O)c2cncc(O)c2)nn1. The van der Waals surface area contributed by atoms with E-state index in [-0.39, 0.29) is 24.4 Å². The predicted molar refractivity (Wildman–Crippen MR) is 64.7 cm³/mol. The maximum atomic E-state index is 11.7. The second kappa shape index (κ2) is 5.78. The number of rotatable bonds is 5. The minimum Gasteiger partial charge on any atom is -0.506 e. The number of hydrogen-bond acceptors (Lipinski definition) is 6. The Bertz CT molecular complexity index is 639. The lowest BCUT2D eigenvalue weighted by molar-refractivity contribution is -0.137. The fourth-order valence-electron chi connectivity index (χ4n) is 1.46. The van der Waals surface area contributed by atoms with Crippen LogP contribution in [0.1, 0.15) is 16.1 Å². The first-order valence-electron chi connectivity index (χ1n) is 5.57. The van der Waals surface area contributed by atoms with Gasteiger partial charge >= 0.3 is 5.97 Å². The molecule has 1 amide bonds. The minimum absolute atomic E-state index is 0.0914. The highest BCUT2D eigenvalue weighted by molar-refractivity contribution is 5.94. The summed E-state index contributed by atoms with van der Waals surface area (Å²) in [5, 5.41) is 27.7. The Hall–Kier alpha value is -2.97. The van der Waals surface area contributed by atoms with Crippen molar-refractivity contribution in [3.63, 3.8) is 0 Å². The Morgan fingerprint density at radius 1 is 1.35 bits per heavy atom. The van der Waals surface area contributed by atoms with Gasteiger partial charge in [0.1, 0.15) is 18.0 Å². The Kier molecular flexibility index (Phi) is 3.89. The van der Waals surface area contributed by atoms with Crippen LogP contribution in [0.25, 0.3) is 0 Å². The van der Waals surface area contributed by atoms with Crippen molar-refractivity contribution in [1.82, 2.24) is 25.3 Å². The van der Waals surface area contributed by atoms with Gasteiger partial charge in [0, 0.05) is 6.20 Å². The number of nitrogens with one attached hydrogen (secondary N) is 1. The smallest absolute Gasteiger partial charge is 0.325 e. The molecule has 0 saturated carbocycles. The number of aliphatic carboxylic acids is 1. The number of aromatic hydroxyl groups is 1. The summed E-state index contributed by atoms with van der Waals surface area (Å²) in [5.41, 5.74) is 0.635. The molecule has 104 valence electrons. The molecule has 20 heavy (non-hydrogen) atoms. The van der Waals surface area contributed by atoms with E-state index in [0.29, 0.717) is 5.69 Å². The average molecular weight is 277 g/mol. The third-order valence-electron chi connectivity index (χ3n) is 2.30. The molecule has 9 nitrogen and oxygen atoms in total. The van der Waals surface area contributed by atoms with E-state index >= 15 is 0 Å². The predicted octanol–water partition coefficient (Wildman–Crippen LogP) is -0.607. The number of pyridine rings is 1. The van der Waals surface area contributed by atoms with Crippen molar-refractivity contribution in [2.24, 2.45) is 0 Å². The number of amides is 1. The van der Waals surface area contributed by atoms with Crippen molar-refractivity contribution in [1.29, 1.82) is 0 Å². The van der Waals surface area contributed by atoms with Crippen molar-refractivity contribution >= 4 is 11.9 Å². The monoisotopic (exact) mass is 277 g/mol. The topological polar surface area (TPSA) is 130 Å². The number of carboxylic acids is 1.